The standard InChI is InChI=1S/C16H17BrS/c1-12-7-3-4-8-13(12)11-15(17)14-9-5-6-10-16(14)18-2/h3-10,15H,11H2,1-2H3. The summed E-state index contributed by atoms with van der Waals surface area (Å²) >= 11 is 5.64. The molecule has 0 aliphatic heterocycles. The van der Waals surface area contributed by atoms with Gasteiger partial charge in [0.2, 0.25) is 0 Å². The van der Waals surface area contributed by atoms with E-state index in [4.69, 9.17) is 0 Å². The highest BCUT2D eigenvalue weighted by Gasteiger charge is 2.12. The second-order valence-corrected chi connectivity index (χ2v) is 6.29. The van der Waals surface area contributed by atoms with Crippen molar-refractivity contribution in [2.75, 3.05) is 6.26 Å². The Kier molecular flexibility index (Phi) is 4.90. The number of thioether (sulfide) groups is 1. The smallest absolute Gasteiger partial charge is 0.0446 e. The van der Waals surface area contributed by atoms with E-state index >= 15 is 0 Å². The average molecular weight is 321 g/mol. The van der Waals surface area contributed by atoms with Crippen molar-refractivity contribution in [3.05, 3.63) is 65.2 Å². The van der Waals surface area contributed by atoms with Gasteiger partial charge in [0.15, 0.2) is 0 Å². The summed E-state index contributed by atoms with van der Waals surface area (Å²) in [6.07, 6.45) is 3.16. The molecule has 18 heavy (non-hydrogen) atoms. The summed E-state index contributed by atoms with van der Waals surface area (Å²) in [4.78, 5) is 1.73. The van der Waals surface area contributed by atoms with E-state index in [1.54, 1.807) is 0 Å². The maximum atomic E-state index is 3.84. The van der Waals surface area contributed by atoms with Crippen LogP contribution in [-0.4, -0.2) is 6.26 Å². The van der Waals surface area contributed by atoms with E-state index < -0.39 is 0 Å². The summed E-state index contributed by atoms with van der Waals surface area (Å²) in [7, 11) is 0. The highest BCUT2D eigenvalue weighted by molar-refractivity contribution is 9.09. The average Bonchev–Trinajstić information content (AvgIpc) is 2.41. The first kappa shape index (κ1) is 13.7. The van der Waals surface area contributed by atoms with E-state index in [0.717, 1.165) is 6.42 Å². The Morgan fingerprint density at radius 1 is 1.06 bits per heavy atom. The van der Waals surface area contributed by atoms with Crippen molar-refractivity contribution in [3.8, 4) is 0 Å². The lowest BCUT2D eigenvalue weighted by Gasteiger charge is -2.15. The zero-order valence-corrected chi connectivity index (χ0v) is 13.1. The van der Waals surface area contributed by atoms with Gasteiger partial charge >= 0.3 is 0 Å². The van der Waals surface area contributed by atoms with Gasteiger partial charge in [0, 0.05) is 9.72 Å². The van der Waals surface area contributed by atoms with E-state index in [2.05, 4.69) is 77.6 Å². The van der Waals surface area contributed by atoms with E-state index in [1.165, 1.54) is 21.6 Å². The van der Waals surface area contributed by atoms with E-state index in [9.17, 15) is 0 Å². The molecule has 0 N–H and O–H groups in total. The molecule has 94 valence electrons. The molecule has 0 aliphatic carbocycles. The van der Waals surface area contributed by atoms with Crippen LogP contribution >= 0.6 is 27.7 Å². The molecule has 0 amide bonds. The van der Waals surface area contributed by atoms with Crippen LogP contribution in [0.25, 0.3) is 0 Å². The van der Waals surface area contributed by atoms with Gasteiger partial charge in [-0.2, -0.15) is 0 Å². The summed E-state index contributed by atoms with van der Waals surface area (Å²) in [5, 5.41) is 0. The van der Waals surface area contributed by atoms with Crippen LogP contribution in [0.5, 0.6) is 0 Å². The van der Waals surface area contributed by atoms with Crippen LogP contribution < -0.4 is 0 Å². The van der Waals surface area contributed by atoms with E-state index in [0.29, 0.717) is 4.83 Å². The van der Waals surface area contributed by atoms with Crippen molar-refractivity contribution in [3.63, 3.8) is 0 Å². The third-order valence-corrected chi connectivity index (χ3v) is 4.77. The van der Waals surface area contributed by atoms with Crippen molar-refractivity contribution < 1.29 is 0 Å². The molecule has 0 saturated heterocycles. The number of hydrogen-bond acceptors (Lipinski definition) is 1. The van der Waals surface area contributed by atoms with Crippen LogP contribution in [0.2, 0.25) is 0 Å². The fourth-order valence-corrected chi connectivity index (χ4v) is 3.63. The van der Waals surface area contributed by atoms with Gasteiger partial charge in [0.25, 0.3) is 0 Å². The lowest BCUT2D eigenvalue weighted by atomic mass is 10.0. The highest BCUT2D eigenvalue weighted by Crippen LogP contribution is 2.34. The number of aryl methyl sites for hydroxylation is 1. The molecular formula is C16H17BrS. The monoisotopic (exact) mass is 320 g/mol. The Bertz CT molecular complexity index is 522. The third-order valence-electron chi connectivity index (χ3n) is 3.14. The second kappa shape index (κ2) is 6.44. The highest BCUT2D eigenvalue weighted by atomic mass is 79.9. The Labute approximate surface area is 122 Å². The van der Waals surface area contributed by atoms with Crippen molar-refractivity contribution >= 4 is 27.7 Å². The molecule has 2 heteroatoms. The maximum Gasteiger partial charge on any atom is 0.0446 e. The number of benzene rings is 2. The molecule has 2 rings (SSSR count). The summed E-state index contributed by atoms with van der Waals surface area (Å²) in [5.41, 5.74) is 4.16. The van der Waals surface area contributed by atoms with Crippen LogP contribution in [0.15, 0.2) is 53.4 Å². The van der Waals surface area contributed by atoms with Gasteiger partial charge in [0.05, 0.1) is 0 Å². The van der Waals surface area contributed by atoms with Crippen LogP contribution in [0.3, 0.4) is 0 Å². The van der Waals surface area contributed by atoms with E-state index in [1.807, 2.05) is 11.8 Å². The molecule has 0 saturated carbocycles. The van der Waals surface area contributed by atoms with Crippen molar-refractivity contribution in [2.24, 2.45) is 0 Å². The molecule has 1 atom stereocenters. The summed E-state index contributed by atoms with van der Waals surface area (Å²) in [6, 6.07) is 17.2. The fraction of sp³-hybridized carbons (Fsp3) is 0.250. The van der Waals surface area contributed by atoms with Gasteiger partial charge in [-0.05, 0) is 42.4 Å². The topological polar surface area (TPSA) is 0 Å². The van der Waals surface area contributed by atoms with Crippen LogP contribution in [0, 0.1) is 6.92 Å². The zero-order valence-electron chi connectivity index (χ0n) is 10.7. The molecule has 0 heterocycles. The first-order valence-corrected chi connectivity index (χ1v) is 8.18. The number of rotatable bonds is 4. The SMILES string of the molecule is CSc1ccccc1C(Br)Cc1ccccc1C. The molecule has 0 nitrogen and oxygen atoms in total. The number of alkyl halides is 1. The quantitative estimate of drug-likeness (QED) is 0.537. The van der Waals surface area contributed by atoms with Gasteiger partial charge in [-0.15, -0.1) is 11.8 Å². The Morgan fingerprint density at radius 2 is 1.72 bits per heavy atom. The maximum absolute atomic E-state index is 3.84. The number of halogens is 1. The lowest BCUT2D eigenvalue weighted by Crippen LogP contribution is -1.98. The minimum absolute atomic E-state index is 0.377. The molecule has 2 aromatic rings. The van der Waals surface area contributed by atoms with Crippen LogP contribution in [0.1, 0.15) is 21.5 Å². The summed E-state index contributed by atoms with van der Waals surface area (Å²) in [5.74, 6) is 0. The molecule has 2 aromatic carbocycles. The summed E-state index contributed by atoms with van der Waals surface area (Å²) < 4.78 is 0. The molecule has 0 aromatic heterocycles. The Hall–Kier alpha value is -0.730. The predicted molar refractivity (Wildman–Crippen MR) is 84.8 cm³/mol. The largest absolute Gasteiger partial charge is 0.129 e. The fourth-order valence-electron chi connectivity index (χ4n) is 2.07. The third kappa shape index (κ3) is 3.18. The van der Waals surface area contributed by atoms with Gasteiger partial charge in [-0.3, -0.25) is 0 Å². The molecule has 0 bridgehead atoms. The Morgan fingerprint density at radius 3 is 2.44 bits per heavy atom. The molecule has 0 fully saturated rings. The van der Waals surface area contributed by atoms with Gasteiger partial charge < -0.3 is 0 Å². The van der Waals surface area contributed by atoms with Gasteiger partial charge in [0.1, 0.15) is 0 Å². The van der Waals surface area contributed by atoms with Gasteiger partial charge in [-0.25, -0.2) is 0 Å². The van der Waals surface area contributed by atoms with Crippen LogP contribution in [0.4, 0.5) is 0 Å². The van der Waals surface area contributed by atoms with E-state index in [-0.39, 0.29) is 0 Å². The molecule has 1 unspecified atom stereocenters. The minimum atomic E-state index is 0.377. The second-order valence-electron chi connectivity index (χ2n) is 4.34. The van der Waals surface area contributed by atoms with Crippen LogP contribution in [-0.2, 0) is 6.42 Å². The predicted octanol–water partition coefficient (Wildman–Crippen LogP) is 5.40. The molecule has 0 radical (unpaired) electrons. The summed E-state index contributed by atoms with van der Waals surface area (Å²) in [6.45, 7) is 2.18. The van der Waals surface area contributed by atoms with Crippen molar-refractivity contribution in [1.29, 1.82) is 0 Å². The lowest BCUT2D eigenvalue weighted by molar-refractivity contribution is 0.916. The molecular weight excluding hydrogens is 304 g/mol. The Balaban J connectivity index is 2.22. The first-order chi connectivity index (χ1) is 8.72. The number of hydrogen-bond donors (Lipinski definition) is 0. The normalized spacial score (nSPS) is 12.4. The zero-order chi connectivity index (χ0) is 13.0. The van der Waals surface area contributed by atoms with Crippen molar-refractivity contribution in [2.45, 2.75) is 23.1 Å². The molecule has 0 spiro atoms. The first-order valence-electron chi connectivity index (χ1n) is 6.04. The minimum Gasteiger partial charge on any atom is -0.129 e. The van der Waals surface area contributed by atoms with Crippen molar-refractivity contribution in [1.82, 2.24) is 0 Å². The van der Waals surface area contributed by atoms with Gasteiger partial charge in [-0.1, -0.05) is 58.4 Å². The molecule has 0 aliphatic rings.